The van der Waals surface area contributed by atoms with Crippen molar-refractivity contribution in [1.82, 2.24) is 4.98 Å². The summed E-state index contributed by atoms with van der Waals surface area (Å²) in [6, 6.07) is 5.50. The van der Waals surface area contributed by atoms with Crippen LogP contribution in [0.15, 0.2) is 24.3 Å². The van der Waals surface area contributed by atoms with Crippen LogP contribution in [-0.2, 0) is 4.74 Å². The zero-order valence-electron chi connectivity index (χ0n) is 10.4. The highest BCUT2D eigenvalue weighted by Crippen LogP contribution is 2.37. The molecule has 1 aromatic carbocycles. The number of pyridine rings is 1. The predicted molar refractivity (Wildman–Crippen MR) is 74.9 cm³/mol. The third kappa shape index (κ3) is 2.48. The van der Waals surface area contributed by atoms with Gasteiger partial charge in [-0.05, 0) is 29.8 Å². The second-order valence-electron chi connectivity index (χ2n) is 4.49. The van der Waals surface area contributed by atoms with E-state index in [1.54, 1.807) is 0 Å². The minimum atomic E-state index is -1.09. The lowest BCUT2D eigenvalue weighted by Gasteiger charge is -2.23. The number of aliphatic hydroxyl groups is 1. The molecule has 2 heterocycles. The van der Waals surface area contributed by atoms with Gasteiger partial charge in [0.15, 0.2) is 5.69 Å². The molecule has 0 radical (unpaired) electrons. The van der Waals surface area contributed by atoms with E-state index < -0.39 is 17.9 Å². The van der Waals surface area contributed by atoms with Crippen molar-refractivity contribution in [1.29, 1.82) is 0 Å². The molecule has 1 aromatic heterocycles. The molecular weight excluding hydrogens is 320 g/mol. The Labute approximate surface area is 129 Å². The summed E-state index contributed by atoms with van der Waals surface area (Å²) in [5.41, 5.74) is 0.569. The number of aliphatic hydroxyl groups excluding tert-OH is 1. The molecule has 1 aliphatic heterocycles. The van der Waals surface area contributed by atoms with E-state index in [1.165, 1.54) is 18.2 Å². The van der Waals surface area contributed by atoms with Gasteiger partial charge in [0.1, 0.15) is 23.7 Å². The third-order valence-corrected chi connectivity index (χ3v) is 3.58. The molecule has 1 N–H and O–H groups in total. The minimum Gasteiger partial charge on any atom is -0.458 e. The van der Waals surface area contributed by atoms with Crippen molar-refractivity contribution >= 4 is 29.2 Å². The van der Waals surface area contributed by atoms with E-state index in [0.717, 1.165) is 6.07 Å². The van der Waals surface area contributed by atoms with Crippen LogP contribution in [0.25, 0.3) is 11.1 Å². The van der Waals surface area contributed by atoms with Crippen molar-refractivity contribution in [2.45, 2.75) is 6.10 Å². The molecule has 3 rings (SSSR count). The summed E-state index contributed by atoms with van der Waals surface area (Å²) in [6.45, 7) is -0.211. The first-order chi connectivity index (χ1) is 9.97. The Bertz CT molecular complexity index is 751. The fourth-order valence-corrected chi connectivity index (χ4v) is 2.61. The van der Waals surface area contributed by atoms with Gasteiger partial charge >= 0.3 is 5.97 Å². The molecule has 0 aliphatic carbocycles. The fourth-order valence-electron chi connectivity index (χ4n) is 2.25. The minimum absolute atomic E-state index is 0.00384. The summed E-state index contributed by atoms with van der Waals surface area (Å²) in [5.74, 6) is -1.29. The molecule has 4 nitrogen and oxygen atoms in total. The molecule has 21 heavy (non-hydrogen) atoms. The first-order valence-corrected chi connectivity index (χ1v) is 6.74. The molecule has 1 unspecified atom stereocenters. The van der Waals surface area contributed by atoms with Gasteiger partial charge in [0.25, 0.3) is 0 Å². The van der Waals surface area contributed by atoms with Crippen molar-refractivity contribution in [3.63, 3.8) is 0 Å². The lowest BCUT2D eigenvalue weighted by molar-refractivity contribution is 0.0158. The standard InChI is InChI=1S/C14H8Cl2FNO3/c15-6-1-2-7(9(17)3-6)8-4-11(16)18-13-12(8)10(19)5-21-14(13)20/h1-4,10,19H,5H2. The van der Waals surface area contributed by atoms with E-state index >= 15 is 0 Å². The Balaban J connectivity index is 2.30. The molecule has 0 fully saturated rings. The van der Waals surface area contributed by atoms with Gasteiger partial charge in [-0.3, -0.25) is 0 Å². The second kappa shape index (κ2) is 5.26. The van der Waals surface area contributed by atoms with E-state index in [-0.39, 0.29) is 33.6 Å². The van der Waals surface area contributed by atoms with Crippen LogP contribution in [0.2, 0.25) is 10.2 Å². The van der Waals surface area contributed by atoms with Gasteiger partial charge in [0.05, 0.1) is 0 Å². The van der Waals surface area contributed by atoms with Gasteiger partial charge in [-0.25, -0.2) is 14.2 Å². The first kappa shape index (κ1) is 14.3. The summed E-state index contributed by atoms with van der Waals surface area (Å²) in [7, 11) is 0. The molecule has 0 bridgehead atoms. The third-order valence-electron chi connectivity index (χ3n) is 3.15. The number of esters is 1. The van der Waals surface area contributed by atoms with Crippen molar-refractivity contribution in [2.24, 2.45) is 0 Å². The molecular formula is C14H8Cl2FNO3. The Morgan fingerprint density at radius 2 is 2.05 bits per heavy atom. The van der Waals surface area contributed by atoms with Gasteiger partial charge in [0.2, 0.25) is 0 Å². The van der Waals surface area contributed by atoms with Crippen LogP contribution in [-0.4, -0.2) is 22.7 Å². The molecule has 0 saturated heterocycles. The average molecular weight is 328 g/mol. The summed E-state index contributed by atoms with van der Waals surface area (Å²) in [4.78, 5) is 15.6. The summed E-state index contributed by atoms with van der Waals surface area (Å²) < 4.78 is 18.9. The molecule has 0 spiro atoms. The maximum Gasteiger partial charge on any atom is 0.357 e. The number of hydrogen-bond acceptors (Lipinski definition) is 4. The van der Waals surface area contributed by atoms with Gasteiger partial charge in [-0.1, -0.05) is 23.2 Å². The number of carbonyl (C=O) groups excluding carboxylic acids is 1. The second-order valence-corrected chi connectivity index (χ2v) is 5.32. The lowest BCUT2D eigenvalue weighted by Crippen LogP contribution is -2.24. The van der Waals surface area contributed by atoms with Crippen LogP contribution in [0, 0.1) is 5.82 Å². The number of aromatic nitrogens is 1. The lowest BCUT2D eigenvalue weighted by atomic mass is 9.94. The summed E-state index contributed by atoms with van der Waals surface area (Å²) >= 11 is 11.6. The average Bonchev–Trinajstić information content (AvgIpc) is 2.42. The van der Waals surface area contributed by atoms with Crippen LogP contribution < -0.4 is 0 Å². The van der Waals surface area contributed by atoms with Gasteiger partial charge in [0, 0.05) is 16.1 Å². The van der Waals surface area contributed by atoms with Crippen molar-refractivity contribution in [3.8, 4) is 11.1 Å². The van der Waals surface area contributed by atoms with E-state index in [2.05, 4.69) is 4.98 Å². The number of fused-ring (bicyclic) bond motifs is 1. The van der Waals surface area contributed by atoms with Crippen LogP contribution in [0.1, 0.15) is 22.2 Å². The maximum atomic E-state index is 14.1. The largest absolute Gasteiger partial charge is 0.458 e. The smallest absolute Gasteiger partial charge is 0.357 e. The van der Waals surface area contributed by atoms with Crippen LogP contribution in [0.3, 0.4) is 0 Å². The zero-order chi connectivity index (χ0) is 15.1. The highest BCUT2D eigenvalue weighted by Gasteiger charge is 2.31. The maximum absolute atomic E-state index is 14.1. The number of halogens is 3. The SMILES string of the molecule is O=C1OCC(O)c2c(-c3ccc(Cl)cc3F)cc(Cl)nc21. The Morgan fingerprint density at radius 1 is 1.29 bits per heavy atom. The topological polar surface area (TPSA) is 59.4 Å². The summed E-state index contributed by atoms with van der Waals surface area (Å²) in [5, 5.41) is 10.3. The molecule has 1 aliphatic rings. The number of ether oxygens (including phenoxy) is 1. The number of cyclic esters (lactones) is 1. The molecule has 0 saturated carbocycles. The van der Waals surface area contributed by atoms with E-state index in [1.807, 2.05) is 0 Å². The molecule has 0 amide bonds. The molecule has 108 valence electrons. The van der Waals surface area contributed by atoms with E-state index in [0.29, 0.717) is 5.56 Å². The van der Waals surface area contributed by atoms with Crippen LogP contribution >= 0.6 is 23.2 Å². The fraction of sp³-hybridized carbons (Fsp3) is 0.143. The Kier molecular flexibility index (Phi) is 3.57. The van der Waals surface area contributed by atoms with Crippen LogP contribution in [0.5, 0.6) is 0 Å². The van der Waals surface area contributed by atoms with Crippen molar-refractivity contribution < 1.29 is 19.0 Å². The van der Waals surface area contributed by atoms with Crippen LogP contribution in [0.4, 0.5) is 4.39 Å². The number of rotatable bonds is 1. The van der Waals surface area contributed by atoms with Crippen molar-refractivity contribution in [2.75, 3.05) is 6.61 Å². The number of carbonyl (C=O) groups is 1. The number of hydrogen-bond donors (Lipinski definition) is 1. The van der Waals surface area contributed by atoms with Gasteiger partial charge in [-0.2, -0.15) is 0 Å². The van der Waals surface area contributed by atoms with Gasteiger partial charge < -0.3 is 9.84 Å². The van der Waals surface area contributed by atoms with E-state index in [9.17, 15) is 14.3 Å². The molecule has 7 heteroatoms. The highest BCUT2D eigenvalue weighted by atomic mass is 35.5. The Hall–Kier alpha value is -1.69. The van der Waals surface area contributed by atoms with Gasteiger partial charge in [-0.15, -0.1) is 0 Å². The summed E-state index contributed by atoms with van der Waals surface area (Å²) in [6.07, 6.45) is -1.09. The first-order valence-electron chi connectivity index (χ1n) is 5.98. The van der Waals surface area contributed by atoms with Crippen molar-refractivity contribution in [3.05, 3.63) is 51.5 Å². The number of benzene rings is 1. The number of nitrogens with zero attached hydrogens (tertiary/aromatic N) is 1. The zero-order valence-corrected chi connectivity index (χ0v) is 12.0. The molecule has 2 aromatic rings. The monoisotopic (exact) mass is 327 g/mol. The highest BCUT2D eigenvalue weighted by molar-refractivity contribution is 6.31. The Morgan fingerprint density at radius 3 is 2.76 bits per heavy atom. The normalized spacial score (nSPS) is 17.3. The predicted octanol–water partition coefficient (Wildman–Crippen LogP) is 3.40. The van der Waals surface area contributed by atoms with E-state index in [4.69, 9.17) is 27.9 Å². The quantitative estimate of drug-likeness (QED) is 0.644. The molecule has 1 atom stereocenters.